The number of nitrogens with two attached hydrogens (primary N) is 1. The molecule has 0 bridgehead atoms. The van der Waals surface area contributed by atoms with Crippen molar-refractivity contribution >= 4 is 0 Å². The highest BCUT2D eigenvalue weighted by molar-refractivity contribution is 4.84. The molecule has 0 saturated carbocycles. The van der Waals surface area contributed by atoms with Gasteiger partial charge in [-0.1, -0.05) is 6.92 Å². The van der Waals surface area contributed by atoms with E-state index in [0.717, 1.165) is 26.1 Å². The topological polar surface area (TPSA) is 55.5 Å². The van der Waals surface area contributed by atoms with Crippen LogP contribution in [0.3, 0.4) is 0 Å². The van der Waals surface area contributed by atoms with Crippen LogP contribution < -0.4 is 5.73 Å². The summed E-state index contributed by atoms with van der Waals surface area (Å²) in [5, 5.41) is 9.80. The standard InChI is InChI=1S/C9H19NO2/c1-9(8(11)2-5-10)3-6-12-7-4-9/h8,11H,2-7,10H2,1H3/t8-/m1/s1. The maximum atomic E-state index is 9.80. The van der Waals surface area contributed by atoms with Gasteiger partial charge in [0.25, 0.3) is 0 Å². The Bertz CT molecular complexity index is 132. The normalized spacial score (nSPS) is 25.2. The van der Waals surface area contributed by atoms with E-state index in [4.69, 9.17) is 10.5 Å². The third-order valence-corrected chi connectivity index (χ3v) is 2.88. The fourth-order valence-corrected chi connectivity index (χ4v) is 1.68. The molecule has 0 radical (unpaired) electrons. The molecule has 0 aromatic heterocycles. The van der Waals surface area contributed by atoms with E-state index in [1.807, 2.05) is 0 Å². The summed E-state index contributed by atoms with van der Waals surface area (Å²) in [6, 6.07) is 0. The SMILES string of the molecule is CC1([C@H](O)CCN)CCOCC1. The molecule has 1 fully saturated rings. The van der Waals surface area contributed by atoms with Crippen LogP contribution in [-0.4, -0.2) is 31.0 Å². The fraction of sp³-hybridized carbons (Fsp3) is 1.00. The summed E-state index contributed by atoms with van der Waals surface area (Å²) in [4.78, 5) is 0. The van der Waals surface area contributed by atoms with Crippen LogP contribution in [0.1, 0.15) is 26.2 Å². The minimum atomic E-state index is -0.258. The van der Waals surface area contributed by atoms with Crippen LogP contribution in [0.25, 0.3) is 0 Å². The van der Waals surface area contributed by atoms with E-state index in [9.17, 15) is 5.11 Å². The van der Waals surface area contributed by atoms with Crippen molar-refractivity contribution in [3.05, 3.63) is 0 Å². The van der Waals surface area contributed by atoms with E-state index in [1.54, 1.807) is 0 Å². The van der Waals surface area contributed by atoms with Crippen LogP contribution >= 0.6 is 0 Å². The molecular weight excluding hydrogens is 154 g/mol. The molecule has 3 nitrogen and oxygen atoms in total. The van der Waals surface area contributed by atoms with Crippen LogP contribution in [0.4, 0.5) is 0 Å². The van der Waals surface area contributed by atoms with Crippen molar-refractivity contribution in [1.29, 1.82) is 0 Å². The molecule has 0 aromatic rings. The van der Waals surface area contributed by atoms with Gasteiger partial charge in [-0.2, -0.15) is 0 Å². The predicted molar refractivity (Wildman–Crippen MR) is 47.8 cm³/mol. The fourth-order valence-electron chi connectivity index (χ4n) is 1.68. The van der Waals surface area contributed by atoms with Gasteiger partial charge in [0, 0.05) is 13.2 Å². The highest BCUT2D eigenvalue weighted by Gasteiger charge is 2.34. The Morgan fingerprint density at radius 1 is 1.50 bits per heavy atom. The third kappa shape index (κ3) is 2.19. The number of hydrogen-bond donors (Lipinski definition) is 2. The van der Waals surface area contributed by atoms with Gasteiger partial charge in [-0.25, -0.2) is 0 Å². The van der Waals surface area contributed by atoms with E-state index in [-0.39, 0.29) is 11.5 Å². The van der Waals surface area contributed by atoms with Gasteiger partial charge in [0.2, 0.25) is 0 Å². The Balaban J connectivity index is 2.44. The average molecular weight is 173 g/mol. The molecule has 1 aliphatic rings. The molecule has 12 heavy (non-hydrogen) atoms. The first-order valence-electron chi connectivity index (χ1n) is 4.65. The molecule has 0 amide bonds. The molecule has 1 rings (SSSR count). The molecule has 1 heterocycles. The monoisotopic (exact) mass is 173 g/mol. The number of hydrogen-bond acceptors (Lipinski definition) is 3. The van der Waals surface area contributed by atoms with Gasteiger partial charge in [0.1, 0.15) is 0 Å². The zero-order valence-corrected chi connectivity index (χ0v) is 7.75. The van der Waals surface area contributed by atoms with Gasteiger partial charge in [0.15, 0.2) is 0 Å². The second-order valence-corrected chi connectivity index (χ2v) is 3.86. The van der Waals surface area contributed by atoms with Crippen molar-refractivity contribution < 1.29 is 9.84 Å². The molecule has 0 spiro atoms. The molecule has 0 unspecified atom stereocenters. The molecule has 3 heteroatoms. The Morgan fingerprint density at radius 2 is 2.08 bits per heavy atom. The van der Waals surface area contributed by atoms with Gasteiger partial charge >= 0.3 is 0 Å². The van der Waals surface area contributed by atoms with Crippen LogP contribution in [-0.2, 0) is 4.74 Å². The Morgan fingerprint density at radius 3 is 2.58 bits per heavy atom. The van der Waals surface area contributed by atoms with Crippen molar-refractivity contribution in [1.82, 2.24) is 0 Å². The van der Waals surface area contributed by atoms with Gasteiger partial charge in [-0.15, -0.1) is 0 Å². The summed E-state index contributed by atoms with van der Waals surface area (Å²) in [5.41, 5.74) is 5.44. The number of aliphatic hydroxyl groups excluding tert-OH is 1. The third-order valence-electron chi connectivity index (χ3n) is 2.88. The summed E-state index contributed by atoms with van der Waals surface area (Å²) >= 11 is 0. The van der Waals surface area contributed by atoms with Crippen LogP contribution in [0, 0.1) is 5.41 Å². The van der Waals surface area contributed by atoms with Crippen molar-refractivity contribution in [2.24, 2.45) is 11.1 Å². The zero-order chi connectivity index (χ0) is 9.03. The first kappa shape index (κ1) is 9.96. The average Bonchev–Trinajstić information content (AvgIpc) is 2.06. The summed E-state index contributed by atoms with van der Waals surface area (Å²) in [6.45, 7) is 4.24. The number of ether oxygens (including phenoxy) is 1. The van der Waals surface area contributed by atoms with Gasteiger partial charge < -0.3 is 15.6 Å². The maximum Gasteiger partial charge on any atom is 0.0607 e. The predicted octanol–water partition coefficient (Wildman–Crippen LogP) is 0.513. The molecule has 3 N–H and O–H groups in total. The van der Waals surface area contributed by atoms with Crippen molar-refractivity contribution in [3.63, 3.8) is 0 Å². The summed E-state index contributed by atoms with van der Waals surface area (Å²) in [5.74, 6) is 0. The lowest BCUT2D eigenvalue weighted by atomic mass is 9.76. The zero-order valence-electron chi connectivity index (χ0n) is 7.75. The second kappa shape index (κ2) is 4.21. The van der Waals surface area contributed by atoms with Gasteiger partial charge in [0.05, 0.1) is 6.10 Å². The molecule has 0 aliphatic carbocycles. The van der Waals surface area contributed by atoms with E-state index in [0.29, 0.717) is 13.0 Å². The van der Waals surface area contributed by atoms with Crippen molar-refractivity contribution in [2.75, 3.05) is 19.8 Å². The summed E-state index contributed by atoms with van der Waals surface area (Å²) in [7, 11) is 0. The van der Waals surface area contributed by atoms with Crippen LogP contribution in [0.2, 0.25) is 0 Å². The molecule has 72 valence electrons. The van der Waals surface area contributed by atoms with Gasteiger partial charge in [-0.3, -0.25) is 0 Å². The first-order chi connectivity index (χ1) is 5.69. The highest BCUT2D eigenvalue weighted by atomic mass is 16.5. The number of aliphatic hydroxyl groups is 1. The smallest absolute Gasteiger partial charge is 0.0607 e. The molecule has 1 saturated heterocycles. The molecule has 1 aliphatic heterocycles. The van der Waals surface area contributed by atoms with Crippen LogP contribution in [0.5, 0.6) is 0 Å². The quantitative estimate of drug-likeness (QED) is 0.654. The molecule has 1 atom stereocenters. The molecular formula is C9H19NO2. The highest BCUT2D eigenvalue weighted by Crippen LogP contribution is 2.34. The van der Waals surface area contributed by atoms with Crippen molar-refractivity contribution in [2.45, 2.75) is 32.3 Å². The lowest BCUT2D eigenvalue weighted by Crippen LogP contribution is -2.38. The molecule has 0 aromatic carbocycles. The maximum absolute atomic E-state index is 9.80. The lowest BCUT2D eigenvalue weighted by molar-refractivity contribution is -0.0528. The van der Waals surface area contributed by atoms with Gasteiger partial charge in [-0.05, 0) is 31.2 Å². The summed E-state index contributed by atoms with van der Waals surface area (Å²) < 4.78 is 5.25. The lowest BCUT2D eigenvalue weighted by Gasteiger charge is -2.37. The summed E-state index contributed by atoms with van der Waals surface area (Å²) in [6.07, 6.45) is 2.35. The van der Waals surface area contributed by atoms with E-state index in [2.05, 4.69) is 6.92 Å². The second-order valence-electron chi connectivity index (χ2n) is 3.86. The first-order valence-corrected chi connectivity index (χ1v) is 4.65. The van der Waals surface area contributed by atoms with Crippen LogP contribution in [0.15, 0.2) is 0 Å². The minimum absolute atomic E-state index is 0.0393. The van der Waals surface area contributed by atoms with Crippen molar-refractivity contribution in [3.8, 4) is 0 Å². The largest absolute Gasteiger partial charge is 0.393 e. The Kier molecular flexibility index (Phi) is 3.50. The van der Waals surface area contributed by atoms with E-state index < -0.39 is 0 Å². The van der Waals surface area contributed by atoms with E-state index in [1.165, 1.54) is 0 Å². The van der Waals surface area contributed by atoms with E-state index >= 15 is 0 Å². The Hall–Kier alpha value is -0.120. The Labute approximate surface area is 73.9 Å². The number of rotatable bonds is 3. The minimum Gasteiger partial charge on any atom is -0.393 e.